The summed E-state index contributed by atoms with van der Waals surface area (Å²) in [6, 6.07) is 10.1. The Labute approximate surface area is 95.3 Å². The molecule has 0 fully saturated rings. The van der Waals surface area contributed by atoms with Crippen molar-refractivity contribution in [3.05, 3.63) is 54.0 Å². The lowest BCUT2D eigenvalue weighted by Gasteiger charge is -2.02. The minimum absolute atomic E-state index is 0.659. The van der Waals surface area contributed by atoms with E-state index in [1.54, 1.807) is 13.3 Å². The maximum Gasteiger partial charge on any atom is 0.213 e. The van der Waals surface area contributed by atoms with Crippen LogP contribution in [0.15, 0.2) is 42.7 Å². The van der Waals surface area contributed by atoms with E-state index in [-0.39, 0.29) is 0 Å². The second-order valence-corrected chi connectivity index (χ2v) is 3.68. The van der Waals surface area contributed by atoms with Gasteiger partial charge in [0.05, 0.1) is 7.11 Å². The number of ether oxygens (including phenoxy) is 1. The highest BCUT2D eigenvalue weighted by Crippen LogP contribution is 2.08. The average molecular weight is 215 g/mol. The number of methoxy groups -OCH3 is 1. The molecule has 0 saturated carbocycles. The molecule has 0 amide bonds. The minimum atomic E-state index is 0.659. The summed E-state index contributed by atoms with van der Waals surface area (Å²) < 4.78 is 7.29. The smallest absolute Gasteiger partial charge is 0.213 e. The molecule has 82 valence electrons. The fourth-order valence-electron chi connectivity index (χ4n) is 1.60. The van der Waals surface area contributed by atoms with Gasteiger partial charge in [0.2, 0.25) is 5.88 Å². The number of pyridine rings is 2. The molecule has 0 spiro atoms. The molecule has 0 aliphatic carbocycles. The lowest BCUT2D eigenvalue weighted by molar-refractivity contribution is -0.694. The lowest BCUT2D eigenvalue weighted by atomic mass is 10.2. The minimum Gasteiger partial charge on any atom is -0.481 e. The summed E-state index contributed by atoms with van der Waals surface area (Å²) in [5.41, 5.74) is 2.42. The standard InChI is InChI=1S/C13H15N2O/c1-11-5-3-4-8-15(11)10-12-6-7-14-13(9-12)16-2/h3-9H,10H2,1-2H3/q+1. The van der Waals surface area contributed by atoms with E-state index in [4.69, 9.17) is 4.74 Å². The monoisotopic (exact) mass is 215 g/mol. The summed E-state index contributed by atoms with van der Waals surface area (Å²) in [6.07, 6.45) is 3.84. The van der Waals surface area contributed by atoms with Crippen LogP contribution in [-0.2, 0) is 6.54 Å². The maximum absolute atomic E-state index is 5.10. The first kappa shape index (κ1) is 10.6. The van der Waals surface area contributed by atoms with Gasteiger partial charge in [0.1, 0.15) is 0 Å². The summed E-state index contributed by atoms with van der Waals surface area (Å²) in [5, 5.41) is 0. The van der Waals surface area contributed by atoms with Crippen molar-refractivity contribution in [2.75, 3.05) is 7.11 Å². The van der Waals surface area contributed by atoms with Crippen molar-refractivity contribution in [2.45, 2.75) is 13.5 Å². The second kappa shape index (κ2) is 4.75. The second-order valence-electron chi connectivity index (χ2n) is 3.68. The van der Waals surface area contributed by atoms with Gasteiger partial charge >= 0.3 is 0 Å². The third kappa shape index (κ3) is 2.37. The highest BCUT2D eigenvalue weighted by Gasteiger charge is 2.06. The number of aryl methyl sites for hydroxylation is 1. The quantitative estimate of drug-likeness (QED) is 0.729. The van der Waals surface area contributed by atoms with E-state index in [0.29, 0.717) is 5.88 Å². The van der Waals surface area contributed by atoms with Gasteiger partial charge in [-0.15, -0.1) is 0 Å². The zero-order valence-corrected chi connectivity index (χ0v) is 9.55. The molecule has 0 saturated heterocycles. The van der Waals surface area contributed by atoms with E-state index in [1.165, 1.54) is 11.3 Å². The van der Waals surface area contributed by atoms with E-state index >= 15 is 0 Å². The SMILES string of the molecule is COc1cc(C[n+]2ccccc2C)ccn1. The summed E-state index contributed by atoms with van der Waals surface area (Å²) in [6.45, 7) is 2.93. The van der Waals surface area contributed by atoms with E-state index in [2.05, 4.69) is 28.7 Å². The number of hydrogen-bond donors (Lipinski definition) is 0. The lowest BCUT2D eigenvalue weighted by Crippen LogP contribution is -2.36. The largest absolute Gasteiger partial charge is 0.481 e. The van der Waals surface area contributed by atoms with Crippen LogP contribution in [0, 0.1) is 6.92 Å². The Morgan fingerprint density at radius 1 is 1.31 bits per heavy atom. The first-order valence-electron chi connectivity index (χ1n) is 5.23. The van der Waals surface area contributed by atoms with Crippen LogP contribution in [0.1, 0.15) is 11.3 Å². The Balaban J connectivity index is 2.24. The zero-order chi connectivity index (χ0) is 11.4. The van der Waals surface area contributed by atoms with E-state index in [0.717, 1.165) is 6.54 Å². The molecule has 3 heteroatoms. The summed E-state index contributed by atoms with van der Waals surface area (Å²) in [5.74, 6) is 0.659. The van der Waals surface area contributed by atoms with Crippen LogP contribution in [0.2, 0.25) is 0 Å². The van der Waals surface area contributed by atoms with Crippen molar-refractivity contribution in [3.8, 4) is 5.88 Å². The fourth-order valence-corrected chi connectivity index (χ4v) is 1.60. The zero-order valence-electron chi connectivity index (χ0n) is 9.55. The number of aromatic nitrogens is 2. The van der Waals surface area contributed by atoms with Crippen LogP contribution < -0.4 is 9.30 Å². The molecule has 0 bridgehead atoms. The maximum atomic E-state index is 5.10. The van der Waals surface area contributed by atoms with Crippen molar-refractivity contribution in [1.82, 2.24) is 4.98 Å². The molecule has 0 radical (unpaired) electrons. The Hall–Kier alpha value is -1.90. The summed E-state index contributed by atoms with van der Waals surface area (Å²) in [4.78, 5) is 4.09. The Bertz CT molecular complexity index is 483. The van der Waals surface area contributed by atoms with Crippen molar-refractivity contribution >= 4 is 0 Å². The van der Waals surface area contributed by atoms with Crippen LogP contribution in [-0.4, -0.2) is 12.1 Å². The molecule has 0 atom stereocenters. The molecule has 2 rings (SSSR count). The van der Waals surface area contributed by atoms with Gasteiger partial charge in [-0.2, -0.15) is 4.57 Å². The highest BCUT2D eigenvalue weighted by atomic mass is 16.5. The number of nitrogens with zero attached hydrogens (tertiary/aromatic N) is 2. The van der Waals surface area contributed by atoms with Gasteiger partial charge in [-0.1, -0.05) is 6.07 Å². The first-order chi connectivity index (χ1) is 7.79. The first-order valence-corrected chi connectivity index (χ1v) is 5.23. The van der Waals surface area contributed by atoms with Crippen LogP contribution in [0.3, 0.4) is 0 Å². The number of hydrogen-bond acceptors (Lipinski definition) is 2. The topological polar surface area (TPSA) is 26.0 Å². The van der Waals surface area contributed by atoms with Crippen molar-refractivity contribution in [2.24, 2.45) is 0 Å². The Kier molecular flexibility index (Phi) is 3.15. The molecule has 3 nitrogen and oxygen atoms in total. The van der Waals surface area contributed by atoms with E-state index < -0.39 is 0 Å². The molecule has 0 unspecified atom stereocenters. The van der Waals surface area contributed by atoms with Gasteiger partial charge in [0.25, 0.3) is 0 Å². The van der Waals surface area contributed by atoms with Gasteiger partial charge < -0.3 is 4.74 Å². The predicted octanol–water partition coefficient (Wildman–Crippen LogP) is 1.73. The van der Waals surface area contributed by atoms with Gasteiger partial charge in [-0.05, 0) is 6.07 Å². The molecule has 0 aliphatic heterocycles. The molecule has 2 aromatic heterocycles. The van der Waals surface area contributed by atoms with Crippen molar-refractivity contribution in [1.29, 1.82) is 0 Å². The van der Waals surface area contributed by atoms with Crippen LogP contribution in [0.4, 0.5) is 0 Å². The molecule has 16 heavy (non-hydrogen) atoms. The van der Waals surface area contributed by atoms with Crippen LogP contribution in [0.25, 0.3) is 0 Å². The highest BCUT2D eigenvalue weighted by molar-refractivity contribution is 5.19. The van der Waals surface area contributed by atoms with Gasteiger partial charge in [-0.3, -0.25) is 0 Å². The molecule has 0 N–H and O–H groups in total. The average Bonchev–Trinajstić information content (AvgIpc) is 2.32. The van der Waals surface area contributed by atoms with E-state index in [1.807, 2.05) is 24.3 Å². The van der Waals surface area contributed by atoms with Crippen LogP contribution >= 0.6 is 0 Å². The summed E-state index contributed by atoms with van der Waals surface area (Å²) >= 11 is 0. The molecule has 2 aromatic rings. The third-order valence-corrected chi connectivity index (χ3v) is 2.53. The van der Waals surface area contributed by atoms with Gasteiger partial charge in [-0.25, -0.2) is 4.98 Å². The molecule has 0 aromatic carbocycles. The van der Waals surface area contributed by atoms with Gasteiger partial charge in [0.15, 0.2) is 18.4 Å². The predicted molar refractivity (Wildman–Crippen MR) is 61.3 cm³/mol. The van der Waals surface area contributed by atoms with Gasteiger partial charge in [0, 0.05) is 36.9 Å². The Morgan fingerprint density at radius 2 is 2.19 bits per heavy atom. The van der Waals surface area contributed by atoms with Crippen LogP contribution in [0.5, 0.6) is 5.88 Å². The normalized spacial score (nSPS) is 10.1. The third-order valence-electron chi connectivity index (χ3n) is 2.53. The molecular weight excluding hydrogens is 200 g/mol. The Morgan fingerprint density at radius 3 is 2.94 bits per heavy atom. The number of rotatable bonds is 3. The van der Waals surface area contributed by atoms with E-state index in [9.17, 15) is 0 Å². The molecule has 0 aliphatic rings. The van der Waals surface area contributed by atoms with Crippen molar-refractivity contribution in [3.63, 3.8) is 0 Å². The van der Waals surface area contributed by atoms with Crippen molar-refractivity contribution < 1.29 is 9.30 Å². The molecule has 2 heterocycles. The summed E-state index contributed by atoms with van der Waals surface area (Å²) in [7, 11) is 1.63. The fraction of sp³-hybridized carbons (Fsp3) is 0.231. The molecular formula is C13H15N2O+.